The van der Waals surface area contributed by atoms with Crippen LogP contribution in [0.5, 0.6) is 0 Å². The van der Waals surface area contributed by atoms with Gasteiger partial charge in [-0.1, -0.05) is 99.2 Å². The largest absolute Gasteiger partial charge is 0.288 e. The SMILES string of the molecule is O=C1C(=Cc2cc3c(s2)-c2sc(/C=C4\C(=O)c5ccc(-c6ccc7c(=O)/c(=N\c8cc9c(s8)-c8sc(N=c%10c(=O)c%11ccccc%11c%10=O)cc8C98CCCCC8)c(=O)c7c6)cc5C4=O)cc2C32CCCCC2)C(=O)c2ccccc21. The molecule has 0 unspecified atom stereocenters. The van der Waals surface area contributed by atoms with Crippen molar-refractivity contribution in [3.05, 3.63) is 226 Å². The molecule has 6 aliphatic carbocycles. The minimum absolute atomic E-state index is 0.0767. The van der Waals surface area contributed by atoms with E-state index in [1.54, 1.807) is 120 Å². The van der Waals surface area contributed by atoms with Gasteiger partial charge in [-0.15, -0.1) is 45.3 Å². The molecule has 386 valence electrons. The number of carbonyl (C=O) groups is 4. The molecular formula is C66H40N2O8S4. The van der Waals surface area contributed by atoms with Crippen LogP contribution in [0.15, 0.2) is 150 Å². The fourth-order valence-corrected chi connectivity index (χ4v) is 19.0. The molecule has 16 rings (SSSR count). The predicted octanol–water partition coefficient (Wildman–Crippen LogP) is 12.9. The Labute approximate surface area is 470 Å². The fourth-order valence-electron chi connectivity index (χ4n) is 14.1. The molecule has 6 aliphatic rings. The Morgan fingerprint density at radius 2 is 0.750 bits per heavy atom. The van der Waals surface area contributed by atoms with Crippen LogP contribution >= 0.6 is 45.3 Å². The molecule has 10 nitrogen and oxygen atoms in total. The van der Waals surface area contributed by atoms with Gasteiger partial charge in [0.2, 0.25) is 21.7 Å². The van der Waals surface area contributed by atoms with Crippen molar-refractivity contribution in [1.29, 1.82) is 0 Å². The van der Waals surface area contributed by atoms with Gasteiger partial charge >= 0.3 is 0 Å². The second-order valence-electron chi connectivity index (χ2n) is 22.0. The lowest BCUT2D eigenvalue weighted by Gasteiger charge is -2.34. The molecule has 6 aromatic carbocycles. The number of hydrogen-bond acceptors (Lipinski definition) is 14. The molecule has 2 spiro atoms. The summed E-state index contributed by atoms with van der Waals surface area (Å²) in [6.45, 7) is 0. The van der Waals surface area contributed by atoms with Gasteiger partial charge in [0.15, 0.2) is 33.8 Å². The van der Waals surface area contributed by atoms with Crippen molar-refractivity contribution in [2.45, 2.75) is 75.0 Å². The summed E-state index contributed by atoms with van der Waals surface area (Å²) in [6, 6.07) is 32.3. The van der Waals surface area contributed by atoms with Gasteiger partial charge in [0.1, 0.15) is 10.0 Å². The third-order valence-corrected chi connectivity index (χ3v) is 22.4. The van der Waals surface area contributed by atoms with Crippen molar-refractivity contribution < 1.29 is 19.2 Å². The van der Waals surface area contributed by atoms with Gasteiger partial charge in [0, 0.05) is 74.1 Å². The van der Waals surface area contributed by atoms with Crippen molar-refractivity contribution in [3.8, 4) is 30.6 Å². The number of hydrogen-bond donors (Lipinski definition) is 0. The number of fused-ring (bicyclic) bond motifs is 14. The van der Waals surface area contributed by atoms with Crippen molar-refractivity contribution >= 4 is 112 Å². The van der Waals surface area contributed by atoms with Crippen LogP contribution in [0.1, 0.15) is 138 Å². The summed E-state index contributed by atoms with van der Waals surface area (Å²) in [5.74, 6) is -1.24. The van der Waals surface area contributed by atoms with Gasteiger partial charge in [0.25, 0.3) is 0 Å². The van der Waals surface area contributed by atoms with Crippen LogP contribution in [-0.2, 0) is 10.8 Å². The summed E-state index contributed by atoms with van der Waals surface area (Å²) in [7, 11) is 0. The maximum Gasteiger partial charge on any atom is 0.216 e. The van der Waals surface area contributed by atoms with Gasteiger partial charge in [-0.2, -0.15) is 0 Å². The first-order chi connectivity index (χ1) is 38.9. The zero-order valence-corrected chi connectivity index (χ0v) is 45.7. The van der Waals surface area contributed by atoms with Crippen molar-refractivity contribution in [2.75, 3.05) is 0 Å². The van der Waals surface area contributed by atoms with Gasteiger partial charge in [-0.05, 0) is 120 Å². The summed E-state index contributed by atoms with van der Waals surface area (Å²) in [4.78, 5) is 125. The number of thiophene rings is 4. The van der Waals surface area contributed by atoms with Gasteiger partial charge in [0.05, 0.1) is 20.9 Å². The Hall–Kier alpha value is -8.14. The number of Topliss-reactive ketones (excluding diaryl/α,β-unsaturated/α-hetero) is 4. The Bertz CT molecular complexity index is 4890. The van der Waals surface area contributed by atoms with Gasteiger partial charge < -0.3 is 0 Å². The van der Waals surface area contributed by atoms with E-state index in [0.29, 0.717) is 48.6 Å². The average Bonchev–Trinajstić information content (AvgIpc) is 4.54. The smallest absolute Gasteiger partial charge is 0.216 e. The van der Waals surface area contributed by atoms with Crippen molar-refractivity contribution in [3.63, 3.8) is 0 Å². The maximum absolute atomic E-state index is 14.3. The molecule has 0 atom stereocenters. The van der Waals surface area contributed by atoms with Crippen molar-refractivity contribution in [1.82, 2.24) is 0 Å². The van der Waals surface area contributed by atoms with Crippen LogP contribution in [0.3, 0.4) is 0 Å². The lowest BCUT2D eigenvalue weighted by Crippen LogP contribution is -2.31. The molecule has 14 heteroatoms. The summed E-state index contributed by atoms with van der Waals surface area (Å²) in [5, 5.41) is 2.09. The molecule has 0 bridgehead atoms. The lowest BCUT2D eigenvalue weighted by molar-refractivity contribution is 0.0975. The van der Waals surface area contributed by atoms with Gasteiger partial charge in [-0.3, -0.25) is 38.4 Å². The first-order valence-corrected chi connectivity index (χ1v) is 30.2. The molecular weight excluding hydrogens is 1080 g/mol. The van der Waals surface area contributed by atoms with Crippen LogP contribution in [0.25, 0.3) is 64.3 Å². The van der Waals surface area contributed by atoms with E-state index in [2.05, 4.69) is 17.1 Å². The minimum atomic E-state index is -0.488. The maximum atomic E-state index is 14.3. The quantitative estimate of drug-likeness (QED) is 0.122. The Balaban J connectivity index is 0.707. The molecule has 4 aromatic heterocycles. The first kappa shape index (κ1) is 47.8. The summed E-state index contributed by atoms with van der Waals surface area (Å²) in [5.41, 5.74) is 5.41. The standard InChI is InChI=1S/C66H40N2O8S4/c69-53-35-11-3-4-12-36(35)54(70)43(53)25-33-27-45-61(77-33)62-46(65(45)19-7-1-8-20-65)28-34(78-62)26-44-55(71)39-17-15-31(23-41(39)56(44)72)32-16-18-40-42(24-32)60(76)52(59(40)75)68-50-30-48-64(80-50)63-47(66(48)21-9-2-10-22-66)29-49(79-63)67-51-57(73)37-13-5-6-14-38(37)58(51)74/h3-6,11-18,23-30H,1-2,7-10,19-22H2/b44-26+,68-52+. The van der Waals surface area contributed by atoms with E-state index < -0.39 is 10.9 Å². The third-order valence-electron chi connectivity index (χ3n) is 17.9. The number of allylic oxidation sites excluding steroid dienone is 2. The number of rotatable bonds is 5. The van der Waals surface area contributed by atoms with Crippen LogP contribution in [0.4, 0.5) is 10.0 Å². The average molecular weight is 1120 g/mol. The highest BCUT2D eigenvalue weighted by Crippen LogP contribution is 2.63. The highest BCUT2D eigenvalue weighted by Gasteiger charge is 2.48. The number of benzene rings is 4. The highest BCUT2D eigenvalue weighted by molar-refractivity contribution is 7.26. The van der Waals surface area contributed by atoms with E-state index >= 15 is 0 Å². The Kier molecular flexibility index (Phi) is 10.3. The third kappa shape index (κ3) is 6.61. The second-order valence-corrected chi connectivity index (χ2v) is 26.2. The molecule has 0 N–H and O–H groups in total. The molecule has 10 aromatic rings. The van der Waals surface area contributed by atoms with Gasteiger partial charge in [-0.25, -0.2) is 9.98 Å². The minimum Gasteiger partial charge on any atom is -0.288 e. The van der Waals surface area contributed by atoms with E-state index in [0.717, 1.165) is 105 Å². The van der Waals surface area contributed by atoms with E-state index in [1.165, 1.54) is 33.8 Å². The first-order valence-electron chi connectivity index (χ1n) is 26.9. The zero-order valence-electron chi connectivity index (χ0n) is 42.4. The van der Waals surface area contributed by atoms with Crippen LogP contribution in [0, 0.1) is 0 Å². The lowest BCUT2D eigenvalue weighted by atomic mass is 9.68. The molecule has 0 radical (unpaired) electrons. The van der Waals surface area contributed by atoms with E-state index in [4.69, 9.17) is 4.99 Å². The highest BCUT2D eigenvalue weighted by atomic mass is 32.1. The summed E-state index contributed by atoms with van der Waals surface area (Å²) in [6.07, 6.45) is 13.6. The predicted molar refractivity (Wildman–Crippen MR) is 316 cm³/mol. The number of carbonyl (C=O) groups excluding carboxylic acids is 4. The van der Waals surface area contributed by atoms with Crippen LogP contribution < -0.4 is 32.4 Å². The molecule has 80 heavy (non-hydrogen) atoms. The van der Waals surface area contributed by atoms with E-state index in [-0.39, 0.29) is 83.0 Å². The topological polar surface area (TPSA) is 161 Å². The Morgan fingerprint density at radius 1 is 0.362 bits per heavy atom. The van der Waals surface area contributed by atoms with Crippen LogP contribution in [-0.4, -0.2) is 23.1 Å². The molecule has 0 saturated heterocycles. The zero-order chi connectivity index (χ0) is 54.1. The fraction of sp³-hybridized carbons (Fsp3) is 0.182. The molecule has 4 heterocycles. The number of ketones is 4. The molecule has 2 saturated carbocycles. The van der Waals surface area contributed by atoms with Crippen LogP contribution in [0.2, 0.25) is 0 Å². The van der Waals surface area contributed by atoms with E-state index in [9.17, 15) is 38.4 Å². The molecule has 2 fully saturated rings. The number of nitrogens with zero attached hydrogens (tertiary/aromatic N) is 2. The monoisotopic (exact) mass is 1120 g/mol. The van der Waals surface area contributed by atoms with E-state index in [1.807, 2.05) is 12.1 Å². The normalized spacial score (nSPS) is 18.1. The van der Waals surface area contributed by atoms with Crippen molar-refractivity contribution in [2.24, 2.45) is 9.98 Å². The summed E-state index contributed by atoms with van der Waals surface area (Å²) < 4.78 is 0. The second kappa shape index (κ2) is 17.2. The molecule has 0 aliphatic heterocycles. The molecule has 0 amide bonds. The summed E-state index contributed by atoms with van der Waals surface area (Å²) >= 11 is 6.00. The Morgan fingerprint density at radius 3 is 1.25 bits per heavy atom.